The number of Topliss-reactive ketones (excluding diaryl/α,β-unsaturated/α-hetero) is 1. The van der Waals surface area contributed by atoms with Crippen LogP contribution in [0.2, 0.25) is 0 Å². The van der Waals surface area contributed by atoms with Crippen LogP contribution < -0.4 is 5.73 Å². The monoisotopic (exact) mass is 153 g/mol. The minimum atomic E-state index is -0.522. The molecule has 0 aliphatic heterocycles. The summed E-state index contributed by atoms with van der Waals surface area (Å²) in [7, 11) is 0. The Hall–Kier alpha value is -1.38. The van der Waals surface area contributed by atoms with Gasteiger partial charge in [0.2, 0.25) is 0 Å². The van der Waals surface area contributed by atoms with Crippen LogP contribution in [0.25, 0.3) is 0 Å². The van der Waals surface area contributed by atoms with Crippen molar-refractivity contribution in [1.29, 1.82) is 0 Å². The molecule has 0 aliphatic carbocycles. The Morgan fingerprint density at radius 2 is 2.18 bits per heavy atom. The normalized spacial score (nSPS) is 9.64. The highest BCUT2D eigenvalue weighted by atomic mass is 19.1. The van der Waals surface area contributed by atoms with Gasteiger partial charge in [0.1, 0.15) is 5.82 Å². The van der Waals surface area contributed by atoms with E-state index in [2.05, 4.69) is 0 Å². The van der Waals surface area contributed by atoms with E-state index in [1.54, 1.807) is 0 Å². The van der Waals surface area contributed by atoms with Crippen molar-refractivity contribution >= 4 is 11.5 Å². The summed E-state index contributed by atoms with van der Waals surface area (Å²) < 4.78 is 12.7. The van der Waals surface area contributed by atoms with Crippen molar-refractivity contribution in [2.45, 2.75) is 6.92 Å². The summed E-state index contributed by atoms with van der Waals surface area (Å²) in [5.41, 5.74) is 5.79. The molecule has 0 fully saturated rings. The molecule has 0 aliphatic rings. The first kappa shape index (κ1) is 7.72. The van der Waals surface area contributed by atoms with Gasteiger partial charge in [-0.05, 0) is 25.1 Å². The number of nitrogens with two attached hydrogens (primary N) is 1. The molecule has 0 spiro atoms. The molecule has 0 radical (unpaired) electrons. The van der Waals surface area contributed by atoms with E-state index in [1.165, 1.54) is 25.1 Å². The van der Waals surface area contributed by atoms with E-state index in [0.29, 0.717) is 5.69 Å². The van der Waals surface area contributed by atoms with Gasteiger partial charge in [-0.3, -0.25) is 4.79 Å². The highest BCUT2D eigenvalue weighted by Crippen LogP contribution is 2.11. The third-order valence-corrected chi connectivity index (χ3v) is 1.37. The average molecular weight is 153 g/mol. The van der Waals surface area contributed by atoms with Gasteiger partial charge in [-0.25, -0.2) is 4.39 Å². The van der Waals surface area contributed by atoms with Crippen molar-refractivity contribution in [3.8, 4) is 0 Å². The van der Waals surface area contributed by atoms with Crippen LogP contribution in [0, 0.1) is 5.82 Å². The molecule has 58 valence electrons. The molecule has 3 heteroatoms. The van der Waals surface area contributed by atoms with Crippen molar-refractivity contribution in [2.75, 3.05) is 5.73 Å². The lowest BCUT2D eigenvalue weighted by Gasteiger charge is -1.98. The molecule has 0 atom stereocenters. The summed E-state index contributed by atoms with van der Waals surface area (Å²) in [6, 6.07) is 3.94. The third-order valence-electron chi connectivity index (χ3n) is 1.37. The maximum Gasteiger partial charge on any atom is 0.162 e. The van der Waals surface area contributed by atoms with Crippen molar-refractivity contribution in [2.24, 2.45) is 0 Å². The van der Waals surface area contributed by atoms with E-state index in [0.717, 1.165) is 0 Å². The first-order chi connectivity index (χ1) is 5.11. The van der Waals surface area contributed by atoms with E-state index in [-0.39, 0.29) is 11.3 Å². The number of anilines is 1. The molecule has 1 aromatic carbocycles. The number of rotatable bonds is 1. The van der Waals surface area contributed by atoms with Gasteiger partial charge in [0.15, 0.2) is 5.78 Å². The van der Waals surface area contributed by atoms with Gasteiger partial charge in [0.05, 0.1) is 5.56 Å². The number of halogens is 1. The lowest BCUT2D eigenvalue weighted by atomic mass is 10.1. The molecule has 0 saturated carbocycles. The molecule has 0 heterocycles. The Balaban J connectivity index is 3.23. The Morgan fingerprint density at radius 1 is 1.55 bits per heavy atom. The van der Waals surface area contributed by atoms with Gasteiger partial charge in [-0.2, -0.15) is 0 Å². The van der Waals surface area contributed by atoms with Crippen LogP contribution >= 0.6 is 0 Å². The lowest BCUT2D eigenvalue weighted by molar-refractivity contribution is 0.101. The van der Waals surface area contributed by atoms with Gasteiger partial charge >= 0.3 is 0 Å². The quantitative estimate of drug-likeness (QED) is 0.492. The van der Waals surface area contributed by atoms with Gasteiger partial charge in [-0.15, -0.1) is 0 Å². The maximum atomic E-state index is 12.7. The van der Waals surface area contributed by atoms with Crippen LogP contribution in [0.15, 0.2) is 18.2 Å². The molecule has 0 amide bonds. The SMILES string of the molecule is CC(=O)c1cc(N)ccc1F. The van der Waals surface area contributed by atoms with Crippen molar-refractivity contribution in [3.05, 3.63) is 29.6 Å². The number of hydrogen-bond donors (Lipinski definition) is 1. The van der Waals surface area contributed by atoms with Crippen LogP contribution in [-0.2, 0) is 0 Å². The maximum absolute atomic E-state index is 12.7. The summed E-state index contributed by atoms with van der Waals surface area (Å²) in [6.45, 7) is 1.30. The molecule has 2 N–H and O–H groups in total. The Kier molecular flexibility index (Phi) is 1.89. The summed E-state index contributed by atoms with van der Waals surface area (Å²) >= 11 is 0. The standard InChI is InChI=1S/C8H8FNO/c1-5(11)7-4-6(10)2-3-8(7)9/h2-4H,10H2,1H3. The Morgan fingerprint density at radius 3 is 2.64 bits per heavy atom. The van der Waals surface area contributed by atoms with Crippen LogP contribution in [0.5, 0.6) is 0 Å². The van der Waals surface area contributed by atoms with Gasteiger partial charge in [0, 0.05) is 5.69 Å². The predicted octanol–water partition coefficient (Wildman–Crippen LogP) is 1.61. The minimum absolute atomic E-state index is 0.0463. The molecule has 11 heavy (non-hydrogen) atoms. The third kappa shape index (κ3) is 1.55. The fourth-order valence-corrected chi connectivity index (χ4v) is 0.813. The first-order valence-electron chi connectivity index (χ1n) is 3.17. The van der Waals surface area contributed by atoms with Crippen molar-refractivity contribution in [1.82, 2.24) is 0 Å². The van der Waals surface area contributed by atoms with E-state index in [9.17, 15) is 9.18 Å². The fraction of sp³-hybridized carbons (Fsp3) is 0.125. The molecule has 0 bridgehead atoms. The highest BCUT2D eigenvalue weighted by Gasteiger charge is 2.05. The minimum Gasteiger partial charge on any atom is -0.399 e. The number of nitrogen functional groups attached to an aromatic ring is 1. The summed E-state index contributed by atoms with van der Waals surface area (Å²) in [5.74, 6) is -0.832. The smallest absolute Gasteiger partial charge is 0.162 e. The number of benzene rings is 1. The van der Waals surface area contributed by atoms with Crippen molar-refractivity contribution < 1.29 is 9.18 Å². The Bertz CT molecular complexity index is 296. The van der Waals surface area contributed by atoms with Crippen molar-refractivity contribution in [3.63, 3.8) is 0 Å². The van der Waals surface area contributed by atoms with E-state index < -0.39 is 5.82 Å². The molecule has 0 aromatic heterocycles. The Labute approximate surface area is 63.8 Å². The summed E-state index contributed by atoms with van der Waals surface area (Å²) in [6.07, 6.45) is 0. The molecule has 0 saturated heterocycles. The molecule has 1 aromatic rings. The first-order valence-corrected chi connectivity index (χ1v) is 3.17. The van der Waals surface area contributed by atoms with E-state index in [1.807, 2.05) is 0 Å². The zero-order valence-corrected chi connectivity index (χ0v) is 6.10. The van der Waals surface area contributed by atoms with E-state index in [4.69, 9.17) is 5.73 Å². The zero-order chi connectivity index (χ0) is 8.43. The highest BCUT2D eigenvalue weighted by molar-refractivity contribution is 5.95. The number of carbonyl (C=O) groups excluding carboxylic acids is 1. The topological polar surface area (TPSA) is 43.1 Å². The van der Waals surface area contributed by atoms with Crippen LogP contribution in [0.4, 0.5) is 10.1 Å². The zero-order valence-electron chi connectivity index (χ0n) is 6.10. The largest absolute Gasteiger partial charge is 0.399 e. The van der Waals surface area contributed by atoms with Gasteiger partial charge in [0.25, 0.3) is 0 Å². The molecular weight excluding hydrogens is 145 g/mol. The number of ketones is 1. The van der Waals surface area contributed by atoms with Crippen LogP contribution in [0.1, 0.15) is 17.3 Å². The van der Waals surface area contributed by atoms with E-state index >= 15 is 0 Å². The molecular formula is C8H8FNO. The summed E-state index contributed by atoms with van der Waals surface area (Å²) in [5, 5.41) is 0. The lowest BCUT2D eigenvalue weighted by Crippen LogP contribution is -1.98. The molecule has 2 nitrogen and oxygen atoms in total. The second-order valence-corrected chi connectivity index (χ2v) is 2.30. The predicted molar refractivity (Wildman–Crippen MR) is 40.8 cm³/mol. The van der Waals surface area contributed by atoms with Crippen LogP contribution in [0.3, 0.4) is 0 Å². The number of carbonyl (C=O) groups is 1. The number of hydrogen-bond acceptors (Lipinski definition) is 2. The molecule has 1 rings (SSSR count). The van der Waals surface area contributed by atoms with Gasteiger partial charge in [-0.1, -0.05) is 0 Å². The fourth-order valence-electron chi connectivity index (χ4n) is 0.813. The van der Waals surface area contributed by atoms with Crippen LogP contribution in [-0.4, -0.2) is 5.78 Å². The average Bonchev–Trinajstić information content (AvgIpc) is 1.94. The van der Waals surface area contributed by atoms with Gasteiger partial charge < -0.3 is 5.73 Å². The molecule has 0 unspecified atom stereocenters. The second-order valence-electron chi connectivity index (χ2n) is 2.30. The summed E-state index contributed by atoms with van der Waals surface area (Å²) in [4.78, 5) is 10.7. The second kappa shape index (κ2) is 2.70.